The number of carbonyl (C=O) groups is 1. The summed E-state index contributed by atoms with van der Waals surface area (Å²) in [4.78, 5) is 11.6. The van der Waals surface area contributed by atoms with Gasteiger partial charge in [-0.3, -0.25) is 4.79 Å². The summed E-state index contributed by atoms with van der Waals surface area (Å²) in [6, 6.07) is 4.78. The number of carbonyl (C=O) groups excluding carboxylic acids is 1. The second kappa shape index (κ2) is 5.08. The zero-order valence-corrected chi connectivity index (χ0v) is 12.7. The minimum atomic E-state index is -3.54. The molecule has 0 aliphatic carbocycles. The number of benzene rings is 1. The Labute approximate surface area is 124 Å². The predicted molar refractivity (Wildman–Crippen MR) is 79.3 cm³/mol. The third kappa shape index (κ3) is 2.56. The highest BCUT2D eigenvalue weighted by molar-refractivity contribution is 7.89. The third-order valence-electron chi connectivity index (χ3n) is 4.16. The SMILES string of the molecule is CC1CC(N)CCN1S(=O)(=O)c1ccc2c(c1)CC(=O)N2. The van der Waals surface area contributed by atoms with Crippen LogP contribution in [0.15, 0.2) is 23.1 Å². The molecular formula is C14H19N3O3S. The van der Waals surface area contributed by atoms with E-state index >= 15 is 0 Å². The van der Waals surface area contributed by atoms with Crippen molar-refractivity contribution in [3.63, 3.8) is 0 Å². The molecule has 0 radical (unpaired) electrons. The Morgan fingerprint density at radius 1 is 1.38 bits per heavy atom. The molecule has 7 heteroatoms. The smallest absolute Gasteiger partial charge is 0.243 e. The molecule has 1 aromatic carbocycles. The van der Waals surface area contributed by atoms with E-state index in [-0.39, 0.29) is 29.3 Å². The number of rotatable bonds is 2. The van der Waals surface area contributed by atoms with Crippen LogP contribution < -0.4 is 11.1 Å². The van der Waals surface area contributed by atoms with E-state index < -0.39 is 10.0 Å². The van der Waals surface area contributed by atoms with Crippen LogP contribution in [0.4, 0.5) is 5.69 Å². The average molecular weight is 309 g/mol. The molecule has 3 rings (SSSR count). The Kier molecular flexibility index (Phi) is 3.51. The highest BCUT2D eigenvalue weighted by Crippen LogP contribution is 2.29. The summed E-state index contributed by atoms with van der Waals surface area (Å²) in [6.45, 7) is 2.33. The number of hydrogen-bond donors (Lipinski definition) is 2. The van der Waals surface area contributed by atoms with E-state index in [9.17, 15) is 13.2 Å². The summed E-state index contributed by atoms with van der Waals surface area (Å²) in [5.41, 5.74) is 7.33. The second-order valence-corrected chi connectivity index (χ2v) is 7.68. The van der Waals surface area contributed by atoms with Gasteiger partial charge in [0.15, 0.2) is 0 Å². The molecule has 1 saturated heterocycles. The van der Waals surface area contributed by atoms with Crippen molar-refractivity contribution in [2.75, 3.05) is 11.9 Å². The van der Waals surface area contributed by atoms with Crippen LogP contribution in [0.3, 0.4) is 0 Å². The van der Waals surface area contributed by atoms with Crippen LogP contribution in [0, 0.1) is 0 Å². The summed E-state index contributed by atoms with van der Waals surface area (Å²) in [5, 5.41) is 2.71. The van der Waals surface area contributed by atoms with Gasteiger partial charge >= 0.3 is 0 Å². The average Bonchev–Trinajstić information content (AvgIpc) is 2.77. The van der Waals surface area contributed by atoms with E-state index in [4.69, 9.17) is 5.73 Å². The van der Waals surface area contributed by atoms with Gasteiger partial charge in [0.2, 0.25) is 15.9 Å². The van der Waals surface area contributed by atoms with Crippen LogP contribution in [-0.2, 0) is 21.2 Å². The molecule has 0 spiro atoms. The van der Waals surface area contributed by atoms with Gasteiger partial charge in [-0.25, -0.2) is 8.42 Å². The van der Waals surface area contributed by atoms with Crippen LogP contribution in [0.2, 0.25) is 0 Å². The first-order chi connectivity index (χ1) is 9.88. The van der Waals surface area contributed by atoms with Crippen molar-refractivity contribution in [2.45, 2.75) is 43.2 Å². The minimum absolute atomic E-state index is 0.0632. The number of amides is 1. The van der Waals surface area contributed by atoms with Crippen LogP contribution in [-0.4, -0.2) is 37.3 Å². The largest absolute Gasteiger partial charge is 0.328 e. The van der Waals surface area contributed by atoms with Gasteiger partial charge in [-0.05, 0) is 43.5 Å². The standard InChI is InChI=1S/C14H19N3O3S/c1-9-6-11(15)4-5-17(9)21(19,20)12-2-3-13-10(7-12)8-14(18)16-13/h2-3,7,9,11H,4-6,8,15H2,1H3,(H,16,18). The Bertz CT molecular complexity index is 687. The van der Waals surface area contributed by atoms with Crippen LogP contribution in [0.1, 0.15) is 25.3 Å². The molecule has 114 valence electrons. The molecule has 2 aliphatic rings. The molecular weight excluding hydrogens is 290 g/mol. The Morgan fingerprint density at radius 3 is 2.86 bits per heavy atom. The first-order valence-corrected chi connectivity index (χ1v) is 8.52. The zero-order valence-electron chi connectivity index (χ0n) is 11.9. The van der Waals surface area contributed by atoms with Gasteiger partial charge in [0.25, 0.3) is 0 Å². The van der Waals surface area contributed by atoms with Gasteiger partial charge in [-0.15, -0.1) is 0 Å². The van der Waals surface area contributed by atoms with E-state index in [2.05, 4.69) is 5.32 Å². The summed E-state index contributed by atoms with van der Waals surface area (Å²) >= 11 is 0. The first-order valence-electron chi connectivity index (χ1n) is 7.08. The Balaban J connectivity index is 1.92. The van der Waals surface area contributed by atoms with Gasteiger partial charge < -0.3 is 11.1 Å². The third-order valence-corrected chi connectivity index (χ3v) is 6.17. The van der Waals surface area contributed by atoms with Crippen molar-refractivity contribution in [1.82, 2.24) is 4.31 Å². The quantitative estimate of drug-likeness (QED) is 0.840. The van der Waals surface area contributed by atoms with Crippen molar-refractivity contribution < 1.29 is 13.2 Å². The molecule has 0 aromatic heterocycles. The minimum Gasteiger partial charge on any atom is -0.328 e. The molecule has 3 N–H and O–H groups in total. The molecule has 2 aliphatic heterocycles. The number of fused-ring (bicyclic) bond motifs is 1. The van der Waals surface area contributed by atoms with Crippen molar-refractivity contribution in [3.8, 4) is 0 Å². The van der Waals surface area contributed by atoms with Crippen molar-refractivity contribution in [1.29, 1.82) is 0 Å². The van der Waals surface area contributed by atoms with Crippen molar-refractivity contribution in [3.05, 3.63) is 23.8 Å². The fourth-order valence-electron chi connectivity index (χ4n) is 3.05. The predicted octanol–water partition coefficient (Wildman–Crippen LogP) is 0.681. The molecule has 1 fully saturated rings. The highest BCUT2D eigenvalue weighted by Gasteiger charge is 2.34. The highest BCUT2D eigenvalue weighted by atomic mass is 32.2. The summed E-state index contributed by atoms with van der Waals surface area (Å²) in [6.07, 6.45) is 1.58. The van der Waals surface area contributed by atoms with Gasteiger partial charge in [0, 0.05) is 24.3 Å². The van der Waals surface area contributed by atoms with E-state index in [0.29, 0.717) is 25.1 Å². The number of nitrogens with one attached hydrogen (secondary N) is 1. The molecule has 2 unspecified atom stereocenters. The maximum atomic E-state index is 12.8. The monoisotopic (exact) mass is 309 g/mol. The Morgan fingerprint density at radius 2 is 2.14 bits per heavy atom. The fraction of sp³-hybridized carbons (Fsp3) is 0.500. The van der Waals surface area contributed by atoms with E-state index in [1.54, 1.807) is 18.2 Å². The number of anilines is 1. The van der Waals surface area contributed by atoms with Crippen molar-refractivity contribution >= 4 is 21.6 Å². The molecule has 6 nitrogen and oxygen atoms in total. The zero-order chi connectivity index (χ0) is 15.2. The Hall–Kier alpha value is -1.44. The molecule has 2 atom stereocenters. The van der Waals surface area contributed by atoms with Gasteiger partial charge in [-0.1, -0.05) is 0 Å². The molecule has 1 aromatic rings. The molecule has 1 amide bonds. The lowest BCUT2D eigenvalue weighted by molar-refractivity contribution is -0.115. The van der Waals surface area contributed by atoms with Crippen LogP contribution >= 0.6 is 0 Å². The summed E-state index contributed by atoms with van der Waals surface area (Å²) in [7, 11) is -3.54. The van der Waals surface area contributed by atoms with E-state index in [0.717, 1.165) is 5.56 Å². The first kappa shape index (κ1) is 14.5. The number of sulfonamides is 1. The molecule has 21 heavy (non-hydrogen) atoms. The second-order valence-electron chi connectivity index (χ2n) is 5.79. The summed E-state index contributed by atoms with van der Waals surface area (Å²) < 4.78 is 27.0. The molecule has 2 heterocycles. The number of nitrogens with two attached hydrogens (primary N) is 1. The van der Waals surface area contributed by atoms with Crippen LogP contribution in [0.5, 0.6) is 0 Å². The lowest BCUT2D eigenvalue weighted by atomic mass is 10.0. The fourth-order valence-corrected chi connectivity index (χ4v) is 4.75. The lowest BCUT2D eigenvalue weighted by Crippen LogP contribution is -2.48. The number of piperidine rings is 1. The summed E-state index contributed by atoms with van der Waals surface area (Å²) in [5.74, 6) is -0.100. The van der Waals surface area contributed by atoms with Gasteiger partial charge in [0.05, 0.1) is 11.3 Å². The van der Waals surface area contributed by atoms with Crippen molar-refractivity contribution in [2.24, 2.45) is 5.73 Å². The topological polar surface area (TPSA) is 92.5 Å². The molecule has 0 saturated carbocycles. The maximum absolute atomic E-state index is 12.8. The number of hydrogen-bond acceptors (Lipinski definition) is 4. The van der Waals surface area contributed by atoms with Gasteiger partial charge in [0.1, 0.15) is 0 Å². The van der Waals surface area contributed by atoms with E-state index in [1.165, 1.54) is 4.31 Å². The normalized spacial score (nSPS) is 26.5. The van der Waals surface area contributed by atoms with Crippen LogP contribution in [0.25, 0.3) is 0 Å². The van der Waals surface area contributed by atoms with E-state index in [1.807, 2.05) is 6.92 Å². The number of nitrogens with zero attached hydrogens (tertiary/aromatic N) is 1. The van der Waals surface area contributed by atoms with Gasteiger partial charge in [-0.2, -0.15) is 4.31 Å². The maximum Gasteiger partial charge on any atom is 0.243 e. The lowest BCUT2D eigenvalue weighted by Gasteiger charge is -2.35. The molecule has 0 bridgehead atoms.